The van der Waals surface area contributed by atoms with Crippen LogP contribution in [0, 0.1) is 5.92 Å². The summed E-state index contributed by atoms with van der Waals surface area (Å²) in [6, 6.07) is 0. The molecule has 4 N–H and O–H groups in total. The molecule has 0 aromatic carbocycles. The molecule has 1 aromatic rings. The molecule has 0 fully saturated rings. The third-order valence-electron chi connectivity index (χ3n) is 2.25. The Kier molecular flexibility index (Phi) is 6.92. The summed E-state index contributed by atoms with van der Waals surface area (Å²) in [4.78, 5) is 8.15. The van der Waals surface area contributed by atoms with Crippen LogP contribution in [0.1, 0.15) is 20.3 Å². The van der Waals surface area contributed by atoms with E-state index < -0.39 is 0 Å². The maximum atomic E-state index is 5.50. The zero-order valence-corrected chi connectivity index (χ0v) is 12.3. The number of aromatic nitrogens is 2. The number of rotatable bonds is 8. The lowest BCUT2D eigenvalue weighted by Gasteiger charge is -2.09. The summed E-state index contributed by atoms with van der Waals surface area (Å²) in [6.07, 6.45) is 2.72. The standard InChI is InChI=1S/C11H20BrN5O/c1-8(2)3-5-18-6-4-14-10-9(12)7-15-11(16-10)17-13/h7-8H,3-6,13H2,1-2H3,(H2,14,15,16,17). The molecule has 0 amide bonds. The van der Waals surface area contributed by atoms with Crippen LogP contribution in [0.5, 0.6) is 0 Å². The highest BCUT2D eigenvalue weighted by Gasteiger charge is 2.03. The minimum Gasteiger partial charge on any atom is -0.380 e. The van der Waals surface area contributed by atoms with Gasteiger partial charge in [-0.2, -0.15) is 4.98 Å². The zero-order chi connectivity index (χ0) is 13.4. The van der Waals surface area contributed by atoms with Crippen molar-refractivity contribution in [2.45, 2.75) is 20.3 Å². The van der Waals surface area contributed by atoms with Crippen LogP contribution in [0.4, 0.5) is 11.8 Å². The van der Waals surface area contributed by atoms with Crippen LogP contribution in [-0.4, -0.2) is 29.7 Å². The van der Waals surface area contributed by atoms with Crippen LogP contribution in [0.2, 0.25) is 0 Å². The van der Waals surface area contributed by atoms with Crippen molar-refractivity contribution in [1.82, 2.24) is 9.97 Å². The number of hydrogen-bond donors (Lipinski definition) is 3. The van der Waals surface area contributed by atoms with Gasteiger partial charge in [0.2, 0.25) is 5.95 Å². The number of hydrazine groups is 1. The van der Waals surface area contributed by atoms with Gasteiger partial charge in [0.1, 0.15) is 5.82 Å². The summed E-state index contributed by atoms with van der Waals surface area (Å²) in [7, 11) is 0. The van der Waals surface area contributed by atoms with E-state index in [0.29, 0.717) is 30.8 Å². The topological polar surface area (TPSA) is 85.1 Å². The first-order chi connectivity index (χ1) is 8.63. The van der Waals surface area contributed by atoms with E-state index in [9.17, 15) is 0 Å². The van der Waals surface area contributed by atoms with E-state index >= 15 is 0 Å². The number of nitrogens with zero attached hydrogens (tertiary/aromatic N) is 2. The molecule has 0 bridgehead atoms. The molecule has 1 rings (SSSR count). The quantitative estimate of drug-likeness (QED) is 0.386. The second-order valence-electron chi connectivity index (χ2n) is 4.26. The lowest BCUT2D eigenvalue weighted by Crippen LogP contribution is -2.15. The van der Waals surface area contributed by atoms with E-state index in [1.54, 1.807) is 6.20 Å². The Morgan fingerprint density at radius 3 is 2.89 bits per heavy atom. The van der Waals surface area contributed by atoms with Crippen molar-refractivity contribution in [1.29, 1.82) is 0 Å². The van der Waals surface area contributed by atoms with Gasteiger partial charge >= 0.3 is 0 Å². The number of halogens is 1. The van der Waals surface area contributed by atoms with Gasteiger partial charge in [-0.25, -0.2) is 10.8 Å². The lowest BCUT2D eigenvalue weighted by atomic mass is 10.1. The molecule has 0 atom stereocenters. The summed E-state index contributed by atoms with van der Waals surface area (Å²) in [5.74, 6) is 7.00. The van der Waals surface area contributed by atoms with Crippen molar-refractivity contribution in [3.05, 3.63) is 10.7 Å². The first-order valence-corrected chi connectivity index (χ1v) is 6.73. The molecule has 0 aliphatic heterocycles. The first-order valence-electron chi connectivity index (χ1n) is 5.94. The summed E-state index contributed by atoms with van der Waals surface area (Å²) in [6.45, 7) is 6.49. The van der Waals surface area contributed by atoms with E-state index in [1.165, 1.54) is 0 Å². The zero-order valence-electron chi connectivity index (χ0n) is 10.7. The molecule has 0 saturated carbocycles. The van der Waals surface area contributed by atoms with Crippen LogP contribution >= 0.6 is 15.9 Å². The SMILES string of the molecule is CC(C)CCOCCNc1nc(NN)ncc1Br. The number of hydrogen-bond acceptors (Lipinski definition) is 6. The Balaban J connectivity index is 2.26. The molecule has 0 aliphatic rings. The van der Waals surface area contributed by atoms with Gasteiger partial charge in [-0.1, -0.05) is 13.8 Å². The predicted octanol–water partition coefficient (Wildman–Crippen LogP) is 2.00. The maximum absolute atomic E-state index is 5.50. The number of anilines is 2. The molecule has 0 aliphatic carbocycles. The van der Waals surface area contributed by atoms with Crippen LogP contribution < -0.4 is 16.6 Å². The average Bonchev–Trinajstić information content (AvgIpc) is 2.35. The van der Waals surface area contributed by atoms with Gasteiger partial charge in [-0.3, -0.25) is 5.43 Å². The molecule has 0 unspecified atom stereocenters. The van der Waals surface area contributed by atoms with Crippen LogP contribution in [0.3, 0.4) is 0 Å². The Morgan fingerprint density at radius 2 is 2.22 bits per heavy atom. The number of nitrogens with one attached hydrogen (secondary N) is 2. The molecular formula is C11H20BrN5O. The van der Waals surface area contributed by atoms with Gasteiger partial charge in [0.25, 0.3) is 0 Å². The van der Waals surface area contributed by atoms with E-state index in [2.05, 4.69) is 50.5 Å². The van der Waals surface area contributed by atoms with Gasteiger partial charge in [-0.05, 0) is 28.3 Å². The van der Waals surface area contributed by atoms with Crippen molar-refractivity contribution in [2.24, 2.45) is 11.8 Å². The average molecular weight is 318 g/mol. The van der Waals surface area contributed by atoms with Gasteiger partial charge in [0.05, 0.1) is 11.1 Å². The van der Waals surface area contributed by atoms with E-state index in [1.807, 2.05) is 0 Å². The summed E-state index contributed by atoms with van der Waals surface area (Å²) >= 11 is 3.36. The smallest absolute Gasteiger partial charge is 0.239 e. The molecule has 1 aromatic heterocycles. The molecule has 102 valence electrons. The van der Waals surface area contributed by atoms with E-state index in [0.717, 1.165) is 17.5 Å². The van der Waals surface area contributed by atoms with Crippen molar-refractivity contribution < 1.29 is 4.74 Å². The monoisotopic (exact) mass is 317 g/mol. The molecule has 1 heterocycles. The van der Waals surface area contributed by atoms with Crippen molar-refractivity contribution >= 4 is 27.7 Å². The normalized spacial score (nSPS) is 10.7. The minimum absolute atomic E-state index is 0.376. The Morgan fingerprint density at radius 1 is 1.44 bits per heavy atom. The largest absolute Gasteiger partial charge is 0.380 e. The fourth-order valence-electron chi connectivity index (χ4n) is 1.22. The van der Waals surface area contributed by atoms with Gasteiger partial charge in [-0.15, -0.1) is 0 Å². The lowest BCUT2D eigenvalue weighted by molar-refractivity contribution is 0.132. The molecule has 6 nitrogen and oxygen atoms in total. The van der Waals surface area contributed by atoms with Crippen LogP contribution in [0.15, 0.2) is 10.7 Å². The third-order valence-corrected chi connectivity index (χ3v) is 2.83. The van der Waals surface area contributed by atoms with Gasteiger partial charge in [0.15, 0.2) is 0 Å². The molecular weight excluding hydrogens is 298 g/mol. The predicted molar refractivity (Wildman–Crippen MR) is 76.3 cm³/mol. The van der Waals surface area contributed by atoms with E-state index in [-0.39, 0.29) is 0 Å². The first kappa shape index (κ1) is 15.1. The van der Waals surface area contributed by atoms with Crippen molar-refractivity contribution in [3.8, 4) is 0 Å². The summed E-state index contributed by atoms with van der Waals surface area (Å²) in [5, 5.41) is 3.16. The molecule has 0 saturated heterocycles. The number of ether oxygens (including phenoxy) is 1. The molecule has 7 heteroatoms. The molecule has 0 radical (unpaired) electrons. The molecule has 0 spiro atoms. The highest BCUT2D eigenvalue weighted by Crippen LogP contribution is 2.19. The summed E-state index contributed by atoms with van der Waals surface area (Å²) in [5.41, 5.74) is 2.40. The maximum Gasteiger partial charge on any atom is 0.239 e. The Labute approximate surface area is 116 Å². The Bertz CT molecular complexity index is 361. The van der Waals surface area contributed by atoms with Crippen molar-refractivity contribution in [3.63, 3.8) is 0 Å². The number of nitrogen functional groups attached to an aromatic ring is 1. The van der Waals surface area contributed by atoms with Gasteiger partial charge < -0.3 is 10.1 Å². The summed E-state index contributed by atoms with van der Waals surface area (Å²) < 4.78 is 6.30. The second kappa shape index (κ2) is 8.23. The van der Waals surface area contributed by atoms with Crippen LogP contribution in [-0.2, 0) is 4.74 Å². The Hall–Kier alpha value is -0.920. The number of nitrogens with two attached hydrogens (primary N) is 1. The molecule has 18 heavy (non-hydrogen) atoms. The highest BCUT2D eigenvalue weighted by atomic mass is 79.9. The third kappa shape index (κ3) is 5.61. The fourth-order valence-corrected chi connectivity index (χ4v) is 1.55. The van der Waals surface area contributed by atoms with Crippen molar-refractivity contribution in [2.75, 3.05) is 30.5 Å². The second-order valence-corrected chi connectivity index (χ2v) is 5.11. The highest BCUT2D eigenvalue weighted by molar-refractivity contribution is 9.10. The van der Waals surface area contributed by atoms with E-state index in [4.69, 9.17) is 10.6 Å². The minimum atomic E-state index is 0.376. The van der Waals surface area contributed by atoms with Crippen LogP contribution in [0.25, 0.3) is 0 Å². The van der Waals surface area contributed by atoms with Gasteiger partial charge in [0, 0.05) is 19.3 Å². The fraction of sp³-hybridized carbons (Fsp3) is 0.636.